The van der Waals surface area contributed by atoms with E-state index < -0.39 is 0 Å². The topological polar surface area (TPSA) is 15.3 Å². The van der Waals surface area contributed by atoms with Crippen LogP contribution in [-0.2, 0) is 6.54 Å². The number of piperidine rings is 1. The van der Waals surface area contributed by atoms with Gasteiger partial charge >= 0.3 is 0 Å². The summed E-state index contributed by atoms with van der Waals surface area (Å²) in [4.78, 5) is 2.55. The highest BCUT2D eigenvalue weighted by Crippen LogP contribution is 2.34. The lowest BCUT2D eigenvalue weighted by Crippen LogP contribution is -2.38. The molecule has 1 fully saturated rings. The highest BCUT2D eigenvalue weighted by molar-refractivity contribution is 9.10. The molecule has 2 rings (SSSR count). The Kier molecular flexibility index (Phi) is 5.14. The summed E-state index contributed by atoms with van der Waals surface area (Å²) in [6, 6.07) is 7.19. The number of hydrogen-bond donors (Lipinski definition) is 1. The summed E-state index contributed by atoms with van der Waals surface area (Å²) in [5.74, 6) is 0. The van der Waals surface area contributed by atoms with Crippen molar-refractivity contribution in [1.29, 1.82) is 0 Å². The van der Waals surface area contributed by atoms with Gasteiger partial charge in [-0.1, -0.05) is 43.6 Å². The van der Waals surface area contributed by atoms with Gasteiger partial charge in [-0.25, -0.2) is 0 Å². The van der Waals surface area contributed by atoms with Gasteiger partial charge in [-0.15, -0.1) is 0 Å². The zero-order valence-electron chi connectivity index (χ0n) is 13.2. The van der Waals surface area contributed by atoms with Crippen molar-refractivity contribution < 1.29 is 0 Å². The van der Waals surface area contributed by atoms with E-state index in [1.165, 1.54) is 41.7 Å². The maximum absolute atomic E-state index is 3.60. The van der Waals surface area contributed by atoms with Crippen LogP contribution in [0.1, 0.15) is 46.1 Å². The van der Waals surface area contributed by atoms with Gasteiger partial charge in [0.25, 0.3) is 0 Å². The second-order valence-corrected chi connectivity index (χ2v) is 7.88. The molecular formula is C17H27BrN2. The molecule has 0 radical (unpaired) electrons. The first-order valence-electron chi connectivity index (χ1n) is 7.64. The van der Waals surface area contributed by atoms with Crippen molar-refractivity contribution >= 4 is 21.6 Å². The SMILES string of the molecule is CC(C)NCc1cc(Br)ccc1N1CCC(C)(C)CC1. The molecule has 1 aliphatic rings. The number of rotatable bonds is 4. The van der Waals surface area contributed by atoms with Crippen LogP contribution in [0.15, 0.2) is 22.7 Å². The van der Waals surface area contributed by atoms with Crippen molar-refractivity contribution in [3.05, 3.63) is 28.2 Å². The van der Waals surface area contributed by atoms with Crippen LogP contribution in [0.2, 0.25) is 0 Å². The fourth-order valence-electron chi connectivity index (χ4n) is 2.67. The Labute approximate surface area is 132 Å². The van der Waals surface area contributed by atoms with Crippen molar-refractivity contribution in [2.45, 2.75) is 53.1 Å². The van der Waals surface area contributed by atoms with E-state index in [2.05, 4.69) is 72.0 Å². The molecule has 0 unspecified atom stereocenters. The standard InChI is InChI=1S/C17H27BrN2/c1-13(2)19-12-14-11-15(18)5-6-16(14)20-9-7-17(3,4)8-10-20/h5-6,11,13,19H,7-10,12H2,1-4H3. The maximum atomic E-state index is 3.60. The minimum absolute atomic E-state index is 0.502. The number of anilines is 1. The smallest absolute Gasteiger partial charge is 0.0412 e. The summed E-state index contributed by atoms with van der Waals surface area (Å²) < 4.78 is 1.17. The van der Waals surface area contributed by atoms with E-state index in [0.717, 1.165) is 6.54 Å². The largest absolute Gasteiger partial charge is 0.371 e. The van der Waals surface area contributed by atoms with Crippen molar-refractivity contribution in [1.82, 2.24) is 5.32 Å². The van der Waals surface area contributed by atoms with Crippen LogP contribution in [0, 0.1) is 5.41 Å². The average Bonchev–Trinajstić information content (AvgIpc) is 2.37. The van der Waals surface area contributed by atoms with E-state index in [-0.39, 0.29) is 0 Å². The van der Waals surface area contributed by atoms with Crippen LogP contribution >= 0.6 is 15.9 Å². The van der Waals surface area contributed by atoms with Crippen LogP contribution in [0.4, 0.5) is 5.69 Å². The second-order valence-electron chi connectivity index (χ2n) is 6.96. The molecule has 0 bridgehead atoms. The lowest BCUT2D eigenvalue weighted by molar-refractivity contribution is 0.279. The molecule has 1 aromatic rings. The van der Waals surface area contributed by atoms with Crippen LogP contribution in [0.25, 0.3) is 0 Å². The molecule has 2 nitrogen and oxygen atoms in total. The molecule has 0 aliphatic carbocycles. The van der Waals surface area contributed by atoms with Crippen LogP contribution in [0.5, 0.6) is 0 Å². The summed E-state index contributed by atoms with van der Waals surface area (Å²) >= 11 is 3.60. The number of nitrogens with zero attached hydrogens (tertiary/aromatic N) is 1. The minimum Gasteiger partial charge on any atom is -0.371 e. The van der Waals surface area contributed by atoms with E-state index in [0.29, 0.717) is 11.5 Å². The van der Waals surface area contributed by atoms with Gasteiger partial charge in [-0.3, -0.25) is 0 Å². The van der Waals surface area contributed by atoms with Crippen molar-refractivity contribution in [3.8, 4) is 0 Å². The lowest BCUT2D eigenvalue weighted by atomic mass is 9.82. The Morgan fingerprint density at radius 3 is 2.50 bits per heavy atom. The van der Waals surface area contributed by atoms with Crippen molar-refractivity contribution in [2.24, 2.45) is 5.41 Å². The zero-order chi connectivity index (χ0) is 14.8. The Morgan fingerprint density at radius 1 is 1.25 bits per heavy atom. The monoisotopic (exact) mass is 338 g/mol. The van der Waals surface area contributed by atoms with E-state index in [9.17, 15) is 0 Å². The summed E-state index contributed by atoms with van der Waals surface area (Å²) in [7, 11) is 0. The van der Waals surface area contributed by atoms with Gasteiger partial charge in [0, 0.05) is 35.8 Å². The van der Waals surface area contributed by atoms with Crippen LogP contribution in [-0.4, -0.2) is 19.1 Å². The Bertz CT molecular complexity index is 444. The third kappa shape index (κ3) is 4.23. The molecule has 1 N–H and O–H groups in total. The van der Waals surface area contributed by atoms with E-state index in [1.54, 1.807) is 0 Å². The molecule has 1 heterocycles. The van der Waals surface area contributed by atoms with E-state index in [1.807, 2.05) is 0 Å². The third-order valence-corrected chi connectivity index (χ3v) is 4.69. The molecule has 1 saturated heterocycles. The molecule has 1 aromatic carbocycles. The quantitative estimate of drug-likeness (QED) is 0.864. The van der Waals surface area contributed by atoms with Gasteiger partial charge in [0.1, 0.15) is 0 Å². The molecule has 0 saturated carbocycles. The minimum atomic E-state index is 0.502. The number of halogens is 1. The summed E-state index contributed by atoms with van der Waals surface area (Å²) in [5.41, 5.74) is 3.30. The predicted octanol–water partition coefficient (Wildman–Crippen LogP) is 4.57. The Morgan fingerprint density at radius 2 is 1.90 bits per heavy atom. The van der Waals surface area contributed by atoms with Crippen LogP contribution in [0.3, 0.4) is 0 Å². The highest BCUT2D eigenvalue weighted by atomic mass is 79.9. The van der Waals surface area contributed by atoms with E-state index in [4.69, 9.17) is 0 Å². The molecule has 1 aliphatic heterocycles. The molecule has 3 heteroatoms. The fourth-order valence-corrected chi connectivity index (χ4v) is 3.08. The first-order valence-corrected chi connectivity index (χ1v) is 8.43. The molecule has 112 valence electrons. The van der Waals surface area contributed by atoms with Crippen LogP contribution < -0.4 is 10.2 Å². The lowest BCUT2D eigenvalue weighted by Gasteiger charge is -2.39. The highest BCUT2D eigenvalue weighted by Gasteiger charge is 2.26. The first kappa shape index (κ1) is 15.8. The molecule has 0 amide bonds. The van der Waals surface area contributed by atoms with Gasteiger partial charge < -0.3 is 10.2 Å². The summed E-state index contributed by atoms with van der Waals surface area (Å²) in [6.45, 7) is 12.4. The fraction of sp³-hybridized carbons (Fsp3) is 0.647. The zero-order valence-corrected chi connectivity index (χ0v) is 14.8. The number of hydrogen-bond acceptors (Lipinski definition) is 2. The average molecular weight is 339 g/mol. The number of benzene rings is 1. The molecule has 0 atom stereocenters. The predicted molar refractivity (Wildman–Crippen MR) is 91.3 cm³/mol. The Balaban J connectivity index is 2.14. The maximum Gasteiger partial charge on any atom is 0.0412 e. The Hall–Kier alpha value is -0.540. The summed E-state index contributed by atoms with van der Waals surface area (Å²) in [5, 5.41) is 3.54. The molecular weight excluding hydrogens is 312 g/mol. The van der Waals surface area contributed by atoms with E-state index >= 15 is 0 Å². The first-order chi connectivity index (χ1) is 9.37. The van der Waals surface area contributed by atoms with Gasteiger partial charge in [0.15, 0.2) is 0 Å². The summed E-state index contributed by atoms with van der Waals surface area (Å²) in [6.07, 6.45) is 2.56. The third-order valence-electron chi connectivity index (χ3n) is 4.20. The number of nitrogens with one attached hydrogen (secondary N) is 1. The molecule has 20 heavy (non-hydrogen) atoms. The van der Waals surface area contributed by atoms with Crippen molar-refractivity contribution in [3.63, 3.8) is 0 Å². The van der Waals surface area contributed by atoms with Crippen molar-refractivity contribution in [2.75, 3.05) is 18.0 Å². The second kappa shape index (κ2) is 6.48. The normalized spacial score (nSPS) is 18.6. The van der Waals surface area contributed by atoms with Gasteiger partial charge in [0.2, 0.25) is 0 Å². The molecule has 0 aromatic heterocycles. The van der Waals surface area contributed by atoms with Gasteiger partial charge in [0.05, 0.1) is 0 Å². The van der Waals surface area contributed by atoms with Gasteiger partial charge in [-0.05, 0) is 42.0 Å². The molecule has 0 spiro atoms. The van der Waals surface area contributed by atoms with Gasteiger partial charge in [-0.2, -0.15) is 0 Å².